The van der Waals surface area contributed by atoms with Gasteiger partial charge in [0.1, 0.15) is 0 Å². The number of aromatic nitrogens is 2. The van der Waals surface area contributed by atoms with Crippen LogP contribution in [0.3, 0.4) is 0 Å². The molecule has 2 heterocycles. The van der Waals surface area contributed by atoms with Gasteiger partial charge in [0.2, 0.25) is 0 Å². The third-order valence-electron chi connectivity index (χ3n) is 2.05. The first-order valence-electron chi connectivity index (χ1n) is 4.92. The summed E-state index contributed by atoms with van der Waals surface area (Å²) in [7, 11) is 1.84. The highest BCUT2D eigenvalue weighted by atomic mass is 32.1. The van der Waals surface area contributed by atoms with Crippen LogP contribution >= 0.6 is 11.3 Å². The Morgan fingerprint density at radius 1 is 1.59 bits per heavy atom. The summed E-state index contributed by atoms with van der Waals surface area (Å²) in [4.78, 5) is 14.9. The van der Waals surface area contributed by atoms with Crippen molar-refractivity contribution in [3.8, 4) is 10.8 Å². The van der Waals surface area contributed by atoms with E-state index >= 15 is 0 Å². The van der Waals surface area contributed by atoms with Crippen LogP contribution in [0.2, 0.25) is 0 Å². The minimum Gasteiger partial charge on any atom is -0.333 e. The number of rotatable bonds is 5. The van der Waals surface area contributed by atoms with Gasteiger partial charge in [-0.2, -0.15) is 4.98 Å². The Bertz CT molecular complexity index is 522. The molecule has 0 spiro atoms. The molecule has 17 heavy (non-hydrogen) atoms. The van der Waals surface area contributed by atoms with Crippen LogP contribution in [0, 0.1) is 10.1 Å². The van der Waals surface area contributed by atoms with Gasteiger partial charge in [-0.1, -0.05) is 16.5 Å². The molecule has 2 rings (SSSR count). The molecule has 7 nitrogen and oxygen atoms in total. The second-order valence-corrected chi connectivity index (χ2v) is 4.33. The molecular weight excluding hydrogens is 244 g/mol. The molecule has 2 aromatic rings. The van der Waals surface area contributed by atoms with Crippen LogP contribution in [-0.4, -0.2) is 28.7 Å². The number of nitrogens with zero attached hydrogens (tertiary/aromatic N) is 3. The highest BCUT2D eigenvalue weighted by Gasteiger charge is 2.15. The Labute approximate surface area is 101 Å². The number of nitrogens with one attached hydrogen (secondary N) is 1. The van der Waals surface area contributed by atoms with Gasteiger partial charge in [0.15, 0.2) is 5.82 Å². The zero-order chi connectivity index (χ0) is 12.3. The van der Waals surface area contributed by atoms with E-state index in [-0.39, 0.29) is 5.00 Å². The predicted molar refractivity (Wildman–Crippen MR) is 61.9 cm³/mol. The third-order valence-corrected chi connectivity index (χ3v) is 3.07. The molecule has 2 aromatic heterocycles. The SMILES string of the molecule is CNCCc1noc(-c2ccc([N+](=O)[O-])s2)n1. The number of nitro groups is 1. The lowest BCUT2D eigenvalue weighted by molar-refractivity contribution is -0.380. The van der Waals surface area contributed by atoms with Crippen LogP contribution in [0.4, 0.5) is 5.00 Å². The van der Waals surface area contributed by atoms with Gasteiger partial charge >= 0.3 is 5.00 Å². The minimum atomic E-state index is -0.438. The van der Waals surface area contributed by atoms with E-state index in [0.29, 0.717) is 23.0 Å². The van der Waals surface area contributed by atoms with Crippen molar-refractivity contribution >= 4 is 16.3 Å². The fourth-order valence-corrected chi connectivity index (χ4v) is 1.98. The molecule has 0 aliphatic rings. The summed E-state index contributed by atoms with van der Waals surface area (Å²) in [6, 6.07) is 3.04. The smallest absolute Gasteiger partial charge is 0.324 e. The molecule has 0 unspecified atom stereocenters. The van der Waals surface area contributed by atoms with E-state index in [9.17, 15) is 10.1 Å². The zero-order valence-corrected chi connectivity index (χ0v) is 9.86. The Morgan fingerprint density at radius 2 is 2.41 bits per heavy atom. The Morgan fingerprint density at radius 3 is 3.06 bits per heavy atom. The summed E-state index contributed by atoms with van der Waals surface area (Å²) in [5, 5.41) is 17.4. The Balaban J connectivity index is 2.15. The molecule has 1 N–H and O–H groups in total. The summed E-state index contributed by atoms with van der Waals surface area (Å²) in [5.74, 6) is 0.916. The fourth-order valence-electron chi connectivity index (χ4n) is 1.23. The molecule has 0 aliphatic carbocycles. The Hall–Kier alpha value is -1.80. The molecule has 90 valence electrons. The van der Waals surface area contributed by atoms with Crippen molar-refractivity contribution in [2.75, 3.05) is 13.6 Å². The van der Waals surface area contributed by atoms with Gasteiger partial charge < -0.3 is 9.84 Å². The molecule has 0 bridgehead atoms. The highest BCUT2D eigenvalue weighted by Crippen LogP contribution is 2.31. The van der Waals surface area contributed by atoms with Crippen molar-refractivity contribution in [1.29, 1.82) is 0 Å². The van der Waals surface area contributed by atoms with Crippen LogP contribution in [-0.2, 0) is 6.42 Å². The topological polar surface area (TPSA) is 94.1 Å². The van der Waals surface area contributed by atoms with E-state index in [2.05, 4.69) is 15.5 Å². The lowest BCUT2D eigenvalue weighted by Gasteiger charge is -1.90. The van der Waals surface area contributed by atoms with Gasteiger partial charge in [-0.25, -0.2) is 0 Å². The second-order valence-electron chi connectivity index (χ2n) is 3.26. The third kappa shape index (κ3) is 2.66. The molecular formula is C9H10N4O3S. The normalized spacial score (nSPS) is 10.6. The summed E-state index contributed by atoms with van der Waals surface area (Å²) < 4.78 is 5.04. The monoisotopic (exact) mass is 254 g/mol. The first kappa shape index (κ1) is 11.7. The van der Waals surface area contributed by atoms with Gasteiger partial charge in [-0.3, -0.25) is 10.1 Å². The van der Waals surface area contributed by atoms with E-state index in [1.165, 1.54) is 6.07 Å². The lowest BCUT2D eigenvalue weighted by atomic mass is 10.4. The second kappa shape index (κ2) is 5.02. The van der Waals surface area contributed by atoms with Crippen LogP contribution in [0.25, 0.3) is 10.8 Å². The minimum absolute atomic E-state index is 0.0648. The average molecular weight is 254 g/mol. The summed E-state index contributed by atoms with van der Waals surface area (Å²) in [6.45, 7) is 0.754. The molecule has 8 heteroatoms. The summed E-state index contributed by atoms with van der Waals surface area (Å²) in [5.41, 5.74) is 0. The zero-order valence-electron chi connectivity index (χ0n) is 9.04. The van der Waals surface area contributed by atoms with Gasteiger partial charge in [0.25, 0.3) is 5.89 Å². The van der Waals surface area contributed by atoms with E-state index in [0.717, 1.165) is 17.9 Å². The predicted octanol–water partition coefficient (Wildman–Crippen LogP) is 1.47. The van der Waals surface area contributed by atoms with E-state index in [1.807, 2.05) is 7.05 Å². The van der Waals surface area contributed by atoms with E-state index < -0.39 is 4.92 Å². The maximum absolute atomic E-state index is 10.5. The van der Waals surface area contributed by atoms with Crippen LogP contribution in [0.15, 0.2) is 16.7 Å². The van der Waals surface area contributed by atoms with Crippen molar-refractivity contribution < 1.29 is 9.45 Å². The first-order valence-corrected chi connectivity index (χ1v) is 5.74. The van der Waals surface area contributed by atoms with Crippen molar-refractivity contribution in [1.82, 2.24) is 15.5 Å². The molecule has 0 saturated heterocycles. The maximum Gasteiger partial charge on any atom is 0.324 e. The molecule has 0 atom stereocenters. The van der Waals surface area contributed by atoms with Crippen LogP contribution < -0.4 is 5.32 Å². The van der Waals surface area contributed by atoms with Crippen LogP contribution in [0.5, 0.6) is 0 Å². The maximum atomic E-state index is 10.5. The van der Waals surface area contributed by atoms with Crippen molar-refractivity contribution in [3.63, 3.8) is 0 Å². The molecule has 0 saturated carbocycles. The fraction of sp³-hybridized carbons (Fsp3) is 0.333. The first-order chi connectivity index (χ1) is 8.20. The molecule has 0 aromatic carbocycles. The number of hydrogen-bond donors (Lipinski definition) is 1. The van der Waals surface area contributed by atoms with Gasteiger partial charge in [-0.05, 0) is 13.1 Å². The number of likely N-dealkylation sites (N-methyl/N-ethyl adjacent to an activating group) is 1. The van der Waals surface area contributed by atoms with Gasteiger partial charge in [-0.15, -0.1) is 0 Å². The average Bonchev–Trinajstić information content (AvgIpc) is 2.94. The van der Waals surface area contributed by atoms with Crippen molar-refractivity contribution in [3.05, 3.63) is 28.1 Å². The number of thiophene rings is 1. The molecule has 0 fully saturated rings. The van der Waals surface area contributed by atoms with Crippen molar-refractivity contribution in [2.45, 2.75) is 6.42 Å². The van der Waals surface area contributed by atoms with Gasteiger partial charge in [0.05, 0.1) is 9.80 Å². The van der Waals surface area contributed by atoms with E-state index in [1.54, 1.807) is 6.07 Å². The Kier molecular flexibility index (Phi) is 3.45. The summed E-state index contributed by atoms with van der Waals surface area (Å²) >= 11 is 1.02. The van der Waals surface area contributed by atoms with E-state index in [4.69, 9.17) is 4.52 Å². The quantitative estimate of drug-likeness (QED) is 0.641. The molecule has 0 amide bonds. The molecule has 0 radical (unpaired) electrons. The summed E-state index contributed by atoms with van der Waals surface area (Å²) in [6.07, 6.45) is 0.660. The highest BCUT2D eigenvalue weighted by molar-refractivity contribution is 7.18. The van der Waals surface area contributed by atoms with Gasteiger partial charge in [0, 0.05) is 19.0 Å². The lowest BCUT2D eigenvalue weighted by Crippen LogP contribution is -2.10. The van der Waals surface area contributed by atoms with Crippen LogP contribution in [0.1, 0.15) is 5.82 Å². The molecule has 0 aliphatic heterocycles. The largest absolute Gasteiger partial charge is 0.333 e. The standard InChI is InChI=1S/C9H10N4O3S/c1-10-5-4-7-11-9(16-12-7)6-2-3-8(17-6)13(14)15/h2-3,10H,4-5H2,1H3. The van der Waals surface area contributed by atoms with Crippen molar-refractivity contribution in [2.24, 2.45) is 0 Å². The number of hydrogen-bond acceptors (Lipinski definition) is 7.